The van der Waals surface area contributed by atoms with E-state index in [1.807, 2.05) is 0 Å². The molecule has 0 aliphatic carbocycles. The lowest BCUT2D eigenvalue weighted by Crippen LogP contribution is -2.43. The highest BCUT2D eigenvalue weighted by molar-refractivity contribution is 5.85. The number of hydrogen-bond donors (Lipinski definition) is 3. The summed E-state index contributed by atoms with van der Waals surface area (Å²) >= 11 is 0. The third kappa shape index (κ3) is 3.08. The van der Waals surface area contributed by atoms with E-state index in [1.54, 1.807) is 12.1 Å². The van der Waals surface area contributed by atoms with Gasteiger partial charge in [-0.3, -0.25) is 4.79 Å². The molecule has 1 heterocycles. The third-order valence-electron chi connectivity index (χ3n) is 3.52. The third-order valence-corrected chi connectivity index (χ3v) is 3.52. The smallest absolute Gasteiger partial charge is 0.326 e. The van der Waals surface area contributed by atoms with Crippen LogP contribution in [0.15, 0.2) is 24.3 Å². The predicted molar refractivity (Wildman–Crippen MR) is 70.1 cm³/mol. The molecule has 1 amide bonds. The van der Waals surface area contributed by atoms with Crippen molar-refractivity contribution in [2.75, 3.05) is 13.2 Å². The van der Waals surface area contributed by atoms with Crippen LogP contribution in [0.2, 0.25) is 0 Å². The van der Waals surface area contributed by atoms with Gasteiger partial charge in [0.05, 0.1) is 0 Å². The molecule has 2 rings (SSSR count). The Morgan fingerprint density at radius 2 is 2.00 bits per heavy atom. The van der Waals surface area contributed by atoms with Gasteiger partial charge in [0, 0.05) is 31.9 Å². The number of phenols is 1. The fourth-order valence-corrected chi connectivity index (χ4v) is 2.42. The average molecular weight is 279 g/mol. The number of carbonyl (C=O) groups excluding carboxylic acids is 1. The minimum absolute atomic E-state index is 0.109. The molecule has 2 atom stereocenters. The summed E-state index contributed by atoms with van der Waals surface area (Å²) in [4.78, 5) is 24.6. The average Bonchev–Trinajstić information content (AvgIpc) is 2.79. The summed E-state index contributed by atoms with van der Waals surface area (Å²) in [6.45, 7) is 0.151. The van der Waals surface area contributed by atoms with Gasteiger partial charge in [0.1, 0.15) is 11.8 Å². The molecule has 0 radical (unpaired) electrons. The van der Waals surface area contributed by atoms with Crippen molar-refractivity contribution in [1.29, 1.82) is 0 Å². The Balaban J connectivity index is 2.13. The number of hydrogen-bond acceptors (Lipinski definition) is 4. The molecule has 1 aromatic carbocycles. The molecule has 108 valence electrons. The minimum Gasteiger partial charge on any atom is -0.508 e. The molecular weight excluding hydrogens is 262 g/mol. The molecular formula is C14H17NO5. The van der Waals surface area contributed by atoms with Crippen molar-refractivity contribution in [3.8, 4) is 5.75 Å². The van der Waals surface area contributed by atoms with Crippen molar-refractivity contribution >= 4 is 11.9 Å². The van der Waals surface area contributed by atoms with E-state index >= 15 is 0 Å². The van der Waals surface area contributed by atoms with Crippen LogP contribution in [-0.2, 0) is 16.0 Å². The van der Waals surface area contributed by atoms with Crippen LogP contribution in [0.1, 0.15) is 12.0 Å². The molecule has 0 saturated carbocycles. The zero-order valence-electron chi connectivity index (χ0n) is 10.9. The highest BCUT2D eigenvalue weighted by atomic mass is 16.4. The number of carboxylic acids is 1. The summed E-state index contributed by atoms with van der Waals surface area (Å²) in [5.74, 6) is -1.39. The van der Waals surface area contributed by atoms with E-state index in [0.29, 0.717) is 0 Å². The van der Waals surface area contributed by atoms with Crippen LogP contribution >= 0.6 is 0 Å². The summed E-state index contributed by atoms with van der Waals surface area (Å²) in [5, 5.41) is 27.6. The summed E-state index contributed by atoms with van der Waals surface area (Å²) in [7, 11) is 0. The number of aliphatic carboxylic acids is 1. The number of rotatable bonds is 5. The van der Waals surface area contributed by atoms with E-state index in [2.05, 4.69) is 0 Å². The molecule has 1 saturated heterocycles. The maximum atomic E-state index is 11.8. The number of nitrogens with zero attached hydrogens (tertiary/aromatic N) is 1. The van der Waals surface area contributed by atoms with Gasteiger partial charge in [0.15, 0.2) is 0 Å². The van der Waals surface area contributed by atoms with Gasteiger partial charge < -0.3 is 20.2 Å². The van der Waals surface area contributed by atoms with E-state index in [0.717, 1.165) is 5.56 Å². The maximum absolute atomic E-state index is 11.8. The summed E-state index contributed by atoms with van der Waals surface area (Å²) in [6.07, 6.45) is 0.370. The van der Waals surface area contributed by atoms with Crippen LogP contribution in [0.4, 0.5) is 0 Å². The number of aliphatic hydroxyl groups excluding tert-OH is 1. The fourth-order valence-electron chi connectivity index (χ4n) is 2.42. The van der Waals surface area contributed by atoms with Crippen molar-refractivity contribution in [2.24, 2.45) is 5.92 Å². The van der Waals surface area contributed by atoms with Crippen LogP contribution in [0.5, 0.6) is 5.75 Å². The van der Waals surface area contributed by atoms with E-state index < -0.39 is 12.0 Å². The summed E-state index contributed by atoms with van der Waals surface area (Å²) in [6, 6.07) is 5.29. The van der Waals surface area contributed by atoms with Crippen molar-refractivity contribution in [1.82, 2.24) is 4.90 Å². The Morgan fingerprint density at radius 1 is 1.35 bits per heavy atom. The first kappa shape index (κ1) is 14.3. The molecule has 20 heavy (non-hydrogen) atoms. The predicted octanol–water partition coefficient (Wildman–Crippen LogP) is 0.229. The van der Waals surface area contributed by atoms with Crippen molar-refractivity contribution in [2.45, 2.75) is 18.9 Å². The van der Waals surface area contributed by atoms with Crippen molar-refractivity contribution < 1.29 is 24.9 Å². The zero-order chi connectivity index (χ0) is 14.7. The van der Waals surface area contributed by atoms with Crippen molar-refractivity contribution in [3.63, 3.8) is 0 Å². The Morgan fingerprint density at radius 3 is 2.50 bits per heavy atom. The molecule has 0 spiro atoms. The molecule has 6 heteroatoms. The number of amides is 1. The number of benzene rings is 1. The number of carbonyl (C=O) groups is 2. The topological polar surface area (TPSA) is 98.1 Å². The normalized spacial score (nSPS) is 20.1. The van der Waals surface area contributed by atoms with Crippen molar-refractivity contribution in [3.05, 3.63) is 29.8 Å². The molecule has 2 unspecified atom stereocenters. The molecule has 1 aliphatic rings. The van der Waals surface area contributed by atoms with E-state index in [9.17, 15) is 19.8 Å². The molecule has 0 bridgehead atoms. The largest absolute Gasteiger partial charge is 0.508 e. The van der Waals surface area contributed by atoms with E-state index in [4.69, 9.17) is 5.11 Å². The first-order valence-corrected chi connectivity index (χ1v) is 6.42. The van der Waals surface area contributed by atoms with Gasteiger partial charge in [0.2, 0.25) is 5.91 Å². The highest BCUT2D eigenvalue weighted by Crippen LogP contribution is 2.22. The highest BCUT2D eigenvalue weighted by Gasteiger charge is 2.37. The number of aliphatic hydroxyl groups is 1. The Hall–Kier alpha value is -2.08. The Bertz CT molecular complexity index is 499. The number of phenolic OH excluding ortho intramolecular Hbond substituents is 1. The fraction of sp³-hybridized carbons (Fsp3) is 0.429. The number of aromatic hydroxyl groups is 1. The first-order valence-electron chi connectivity index (χ1n) is 6.42. The number of carboxylic acid groups (broad SMARTS) is 1. The number of likely N-dealkylation sites (tertiary alicyclic amines) is 1. The van der Waals surface area contributed by atoms with E-state index in [-0.39, 0.29) is 43.6 Å². The lowest BCUT2D eigenvalue weighted by Gasteiger charge is -2.24. The lowest BCUT2D eigenvalue weighted by molar-refractivity contribution is -0.148. The van der Waals surface area contributed by atoms with Gasteiger partial charge in [-0.15, -0.1) is 0 Å². The van der Waals surface area contributed by atoms with Crippen LogP contribution in [0.3, 0.4) is 0 Å². The molecule has 1 aliphatic heterocycles. The molecule has 6 nitrogen and oxygen atoms in total. The summed E-state index contributed by atoms with van der Waals surface area (Å²) in [5.41, 5.74) is 0.732. The SMILES string of the molecule is O=C(O)C(Cc1ccc(O)cc1)N1CC(CO)CC1=O. The molecule has 1 fully saturated rings. The first-order chi connectivity index (χ1) is 9.51. The van der Waals surface area contributed by atoms with Crippen LogP contribution in [0.25, 0.3) is 0 Å². The second-order valence-corrected chi connectivity index (χ2v) is 5.02. The molecule has 0 aromatic heterocycles. The monoisotopic (exact) mass is 279 g/mol. The molecule has 1 aromatic rings. The van der Waals surface area contributed by atoms with Crippen LogP contribution in [-0.4, -0.2) is 51.3 Å². The minimum atomic E-state index is -1.06. The standard InChI is InChI=1S/C14H17NO5/c16-8-10-6-13(18)15(7-10)12(14(19)20)5-9-1-3-11(17)4-2-9/h1-4,10,12,16-17H,5-8H2,(H,19,20). The zero-order valence-corrected chi connectivity index (χ0v) is 10.9. The second kappa shape index (κ2) is 5.92. The van der Waals surface area contributed by atoms with Gasteiger partial charge in [0.25, 0.3) is 0 Å². The maximum Gasteiger partial charge on any atom is 0.326 e. The lowest BCUT2D eigenvalue weighted by atomic mass is 10.0. The van der Waals surface area contributed by atoms with Crippen LogP contribution in [0, 0.1) is 5.92 Å². The van der Waals surface area contributed by atoms with Gasteiger partial charge in [-0.05, 0) is 17.7 Å². The van der Waals surface area contributed by atoms with Gasteiger partial charge >= 0.3 is 5.97 Å². The summed E-state index contributed by atoms with van der Waals surface area (Å²) < 4.78 is 0. The van der Waals surface area contributed by atoms with Gasteiger partial charge in [-0.1, -0.05) is 12.1 Å². The van der Waals surface area contributed by atoms with Crippen LogP contribution < -0.4 is 0 Å². The van der Waals surface area contributed by atoms with E-state index in [1.165, 1.54) is 17.0 Å². The Labute approximate surface area is 116 Å². The Kier molecular flexibility index (Phi) is 4.24. The van der Waals surface area contributed by atoms with Gasteiger partial charge in [-0.2, -0.15) is 0 Å². The molecule has 3 N–H and O–H groups in total. The second-order valence-electron chi connectivity index (χ2n) is 5.02. The van der Waals surface area contributed by atoms with Gasteiger partial charge in [-0.25, -0.2) is 4.79 Å². The quantitative estimate of drug-likeness (QED) is 0.716.